The van der Waals surface area contributed by atoms with Crippen LogP contribution in [0.1, 0.15) is 31.4 Å². The van der Waals surface area contributed by atoms with Crippen molar-refractivity contribution in [1.82, 2.24) is 9.88 Å². The molecule has 1 fully saturated rings. The summed E-state index contributed by atoms with van der Waals surface area (Å²) in [5, 5.41) is 1.40. The second kappa shape index (κ2) is 5.11. The molecule has 0 saturated carbocycles. The van der Waals surface area contributed by atoms with Gasteiger partial charge in [-0.1, -0.05) is 25.1 Å². The molecule has 1 aromatic carbocycles. The lowest BCUT2D eigenvalue weighted by molar-refractivity contribution is 0.273. The lowest BCUT2D eigenvalue weighted by atomic mass is 10.0. The Hall–Kier alpha value is -0.990. The molecule has 3 heteroatoms. The van der Waals surface area contributed by atoms with Gasteiger partial charge in [0.15, 0.2) is 0 Å². The molecular weight excluding hydrogens is 232 g/mol. The van der Waals surface area contributed by atoms with Crippen molar-refractivity contribution in [1.29, 1.82) is 0 Å². The predicted molar refractivity (Wildman–Crippen MR) is 74.8 cm³/mol. The highest BCUT2D eigenvalue weighted by Gasteiger charge is 2.26. The molecule has 1 atom stereocenters. The second-order valence-electron chi connectivity index (χ2n) is 4.58. The van der Waals surface area contributed by atoms with Gasteiger partial charge in [0.05, 0.1) is 0 Å². The second-order valence-corrected chi connectivity index (χ2v) is 4.58. The smallest absolute Gasteiger partial charge is 0.0457 e. The number of nitrogens with one attached hydrogen (secondary N) is 1. The summed E-state index contributed by atoms with van der Waals surface area (Å²) in [6, 6.07) is 9.23. The first-order valence-electron chi connectivity index (χ1n) is 6.20. The molecule has 92 valence electrons. The summed E-state index contributed by atoms with van der Waals surface area (Å²) in [6.45, 7) is 4.66. The minimum absolute atomic E-state index is 0. The maximum absolute atomic E-state index is 3.38. The molecule has 1 saturated heterocycles. The number of H-pyrrole nitrogens is 1. The lowest BCUT2D eigenvalue weighted by Crippen LogP contribution is -2.22. The van der Waals surface area contributed by atoms with Crippen LogP contribution in [0.15, 0.2) is 30.5 Å². The Morgan fingerprint density at radius 2 is 2.18 bits per heavy atom. The number of likely N-dealkylation sites (tertiary alicyclic amines) is 1. The molecule has 3 rings (SSSR count). The zero-order valence-electron chi connectivity index (χ0n) is 10.1. The summed E-state index contributed by atoms with van der Waals surface area (Å²) in [4.78, 5) is 5.96. The van der Waals surface area contributed by atoms with Gasteiger partial charge in [-0.2, -0.15) is 0 Å². The van der Waals surface area contributed by atoms with Crippen LogP contribution in [0, 0.1) is 0 Å². The Morgan fingerprint density at radius 3 is 3.00 bits per heavy atom. The van der Waals surface area contributed by atoms with E-state index < -0.39 is 0 Å². The standard InChI is InChI=1S/C14H18N2.ClH/c1-2-16-9-5-8-14(16)12-10-15-13-7-4-3-6-11(12)13;/h3-4,6-7,10,14-15H,2,5,8-9H2,1H3;1H. The minimum atomic E-state index is 0. The largest absolute Gasteiger partial charge is 0.361 e. The van der Waals surface area contributed by atoms with Crippen molar-refractivity contribution in [2.45, 2.75) is 25.8 Å². The first-order valence-corrected chi connectivity index (χ1v) is 6.20. The van der Waals surface area contributed by atoms with E-state index >= 15 is 0 Å². The van der Waals surface area contributed by atoms with Crippen molar-refractivity contribution >= 4 is 23.3 Å². The number of fused-ring (bicyclic) bond motifs is 1. The van der Waals surface area contributed by atoms with Crippen molar-refractivity contribution in [2.75, 3.05) is 13.1 Å². The number of hydrogen-bond acceptors (Lipinski definition) is 1. The number of para-hydroxylation sites is 1. The van der Waals surface area contributed by atoms with E-state index in [-0.39, 0.29) is 12.4 Å². The summed E-state index contributed by atoms with van der Waals surface area (Å²) in [6.07, 6.45) is 4.83. The van der Waals surface area contributed by atoms with Crippen molar-refractivity contribution in [3.05, 3.63) is 36.0 Å². The molecule has 1 unspecified atom stereocenters. The molecule has 1 aromatic heterocycles. The Kier molecular flexibility index (Phi) is 3.75. The van der Waals surface area contributed by atoms with Crippen LogP contribution >= 0.6 is 12.4 Å². The highest BCUT2D eigenvalue weighted by Crippen LogP contribution is 2.35. The normalized spacial score (nSPS) is 20.6. The maximum Gasteiger partial charge on any atom is 0.0457 e. The van der Waals surface area contributed by atoms with Crippen molar-refractivity contribution in [2.24, 2.45) is 0 Å². The number of hydrogen-bond donors (Lipinski definition) is 1. The van der Waals surface area contributed by atoms with Gasteiger partial charge >= 0.3 is 0 Å². The van der Waals surface area contributed by atoms with Gasteiger partial charge in [0.2, 0.25) is 0 Å². The number of nitrogens with zero attached hydrogens (tertiary/aromatic N) is 1. The first kappa shape index (κ1) is 12.5. The Labute approximate surface area is 108 Å². The van der Waals surface area contributed by atoms with E-state index in [1.807, 2.05) is 0 Å². The fourth-order valence-electron chi connectivity index (χ4n) is 2.93. The molecule has 2 aromatic rings. The van der Waals surface area contributed by atoms with E-state index in [1.54, 1.807) is 0 Å². The fourth-order valence-corrected chi connectivity index (χ4v) is 2.93. The van der Waals surface area contributed by atoms with Crippen molar-refractivity contribution < 1.29 is 0 Å². The van der Waals surface area contributed by atoms with Crippen LogP contribution in [0.5, 0.6) is 0 Å². The number of aromatic nitrogens is 1. The van der Waals surface area contributed by atoms with Crippen LogP contribution in [0.3, 0.4) is 0 Å². The third-order valence-corrected chi connectivity index (χ3v) is 3.75. The van der Waals surface area contributed by atoms with Crippen LogP contribution in [-0.4, -0.2) is 23.0 Å². The molecule has 2 nitrogen and oxygen atoms in total. The molecule has 0 amide bonds. The topological polar surface area (TPSA) is 19.0 Å². The number of halogens is 1. The first-order chi connectivity index (χ1) is 7.90. The highest BCUT2D eigenvalue weighted by atomic mass is 35.5. The summed E-state index contributed by atoms with van der Waals surface area (Å²) in [7, 11) is 0. The molecule has 2 heterocycles. The molecular formula is C14H19ClN2. The molecule has 1 aliphatic rings. The van der Waals surface area contributed by atoms with Crippen LogP contribution in [0.25, 0.3) is 10.9 Å². The van der Waals surface area contributed by atoms with Gasteiger partial charge in [-0.15, -0.1) is 12.4 Å². The zero-order valence-corrected chi connectivity index (χ0v) is 11.0. The van der Waals surface area contributed by atoms with E-state index in [1.165, 1.54) is 35.9 Å². The molecule has 17 heavy (non-hydrogen) atoms. The molecule has 1 aliphatic heterocycles. The summed E-state index contributed by atoms with van der Waals surface area (Å²) in [5.74, 6) is 0. The van der Waals surface area contributed by atoms with Crippen molar-refractivity contribution in [3.63, 3.8) is 0 Å². The molecule has 0 radical (unpaired) electrons. The molecule has 0 aliphatic carbocycles. The monoisotopic (exact) mass is 250 g/mol. The Morgan fingerprint density at radius 1 is 1.35 bits per heavy atom. The highest BCUT2D eigenvalue weighted by molar-refractivity contribution is 5.85. The Balaban J connectivity index is 0.00000108. The average molecular weight is 251 g/mol. The number of aromatic amines is 1. The van der Waals surface area contributed by atoms with E-state index in [4.69, 9.17) is 0 Å². The molecule has 0 spiro atoms. The summed E-state index contributed by atoms with van der Waals surface area (Å²) >= 11 is 0. The quantitative estimate of drug-likeness (QED) is 0.860. The van der Waals surface area contributed by atoms with E-state index in [9.17, 15) is 0 Å². The summed E-state index contributed by atoms with van der Waals surface area (Å²) < 4.78 is 0. The van der Waals surface area contributed by atoms with Crippen LogP contribution in [0.2, 0.25) is 0 Å². The fraction of sp³-hybridized carbons (Fsp3) is 0.429. The maximum atomic E-state index is 3.38. The van der Waals surface area contributed by atoms with E-state index in [0.29, 0.717) is 6.04 Å². The van der Waals surface area contributed by atoms with Crippen LogP contribution < -0.4 is 0 Å². The van der Waals surface area contributed by atoms with Crippen molar-refractivity contribution in [3.8, 4) is 0 Å². The van der Waals surface area contributed by atoms with Gasteiger partial charge in [0, 0.05) is 23.1 Å². The number of benzene rings is 1. The van der Waals surface area contributed by atoms with Gasteiger partial charge in [-0.05, 0) is 37.6 Å². The Bertz CT molecular complexity index is 492. The van der Waals surface area contributed by atoms with Gasteiger partial charge in [-0.3, -0.25) is 4.90 Å². The van der Waals surface area contributed by atoms with Gasteiger partial charge < -0.3 is 4.98 Å². The van der Waals surface area contributed by atoms with E-state index in [0.717, 1.165) is 6.54 Å². The van der Waals surface area contributed by atoms with Gasteiger partial charge in [-0.25, -0.2) is 0 Å². The SMILES string of the molecule is CCN1CCCC1c1c[nH]c2ccccc12.Cl. The zero-order chi connectivity index (χ0) is 11.0. The van der Waals surface area contributed by atoms with Gasteiger partial charge in [0.25, 0.3) is 0 Å². The van der Waals surface area contributed by atoms with Gasteiger partial charge in [0.1, 0.15) is 0 Å². The van der Waals surface area contributed by atoms with Crippen LogP contribution in [0.4, 0.5) is 0 Å². The number of rotatable bonds is 2. The predicted octanol–water partition coefficient (Wildman–Crippen LogP) is 3.75. The average Bonchev–Trinajstić information content (AvgIpc) is 2.94. The lowest BCUT2D eigenvalue weighted by Gasteiger charge is -2.22. The third-order valence-electron chi connectivity index (χ3n) is 3.75. The van der Waals surface area contributed by atoms with Crippen LogP contribution in [-0.2, 0) is 0 Å². The molecule has 0 bridgehead atoms. The summed E-state index contributed by atoms with van der Waals surface area (Å²) in [5.41, 5.74) is 2.75. The minimum Gasteiger partial charge on any atom is -0.361 e. The molecule has 1 N–H and O–H groups in total. The van der Waals surface area contributed by atoms with E-state index in [2.05, 4.69) is 47.3 Å². The third kappa shape index (κ3) is 2.07.